The van der Waals surface area contributed by atoms with Crippen molar-refractivity contribution in [1.82, 2.24) is 9.80 Å². The monoisotopic (exact) mass is 456 g/mol. The summed E-state index contributed by atoms with van der Waals surface area (Å²) in [5.74, 6) is 0.672. The van der Waals surface area contributed by atoms with E-state index in [4.69, 9.17) is 25.8 Å². The molecule has 0 radical (unpaired) electrons. The van der Waals surface area contributed by atoms with E-state index in [-0.39, 0.29) is 18.4 Å². The number of imide groups is 1. The molecule has 8 heteroatoms. The fourth-order valence-electron chi connectivity index (χ4n) is 4.00. The van der Waals surface area contributed by atoms with Crippen molar-refractivity contribution in [3.8, 4) is 11.5 Å². The van der Waals surface area contributed by atoms with Crippen LogP contribution in [-0.2, 0) is 20.7 Å². The van der Waals surface area contributed by atoms with Crippen LogP contribution >= 0.6 is 11.6 Å². The Hall–Kier alpha value is -3.03. The molecular weight excluding hydrogens is 432 g/mol. The molecule has 7 nitrogen and oxygen atoms in total. The molecular formula is C24H25ClN2O5. The number of hydrogen-bond acceptors (Lipinski definition) is 6. The summed E-state index contributed by atoms with van der Waals surface area (Å²) in [7, 11) is 3.16. The summed E-state index contributed by atoms with van der Waals surface area (Å²) >= 11 is 6.04. The molecule has 0 N–H and O–H groups in total. The summed E-state index contributed by atoms with van der Waals surface area (Å²) in [5, 5.41) is 0.573. The highest BCUT2D eigenvalue weighted by molar-refractivity contribution is 6.36. The number of ether oxygens (including phenoxy) is 3. The second-order valence-electron chi connectivity index (χ2n) is 7.53. The Morgan fingerprint density at radius 2 is 1.62 bits per heavy atom. The van der Waals surface area contributed by atoms with Crippen LogP contribution in [0.1, 0.15) is 11.1 Å². The quantitative estimate of drug-likeness (QED) is 0.597. The first-order valence-corrected chi connectivity index (χ1v) is 10.8. The van der Waals surface area contributed by atoms with Gasteiger partial charge in [0, 0.05) is 24.7 Å². The molecule has 32 heavy (non-hydrogen) atoms. The zero-order chi connectivity index (χ0) is 22.7. The van der Waals surface area contributed by atoms with Crippen molar-refractivity contribution in [2.24, 2.45) is 0 Å². The third-order valence-corrected chi connectivity index (χ3v) is 5.93. The average Bonchev–Trinajstić information content (AvgIpc) is 3.08. The smallest absolute Gasteiger partial charge is 0.277 e. The molecule has 4 rings (SSSR count). The first-order valence-electron chi connectivity index (χ1n) is 10.4. The number of amides is 2. The maximum Gasteiger partial charge on any atom is 0.277 e. The number of carbonyl (C=O) groups excluding carboxylic acids is 2. The van der Waals surface area contributed by atoms with Gasteiger partial charge in [-0.25, -0.2) is 0 Å². The maximum absolute atomic E-state index is 13.4. The fourth-order valence-corrected chi connectivity index (χ4v) is 4.13. The molecule has 168 valence electrons. The van der Waals surface area contributed by atoms with Crippen molar-refractivity contribution in [1.29, 1.82) is 0 Å². The van der Waals surface area contributed by atoms with Gasteiger partial charge in [0.25, 0.3) is 11.8 Å². The Bertz CT molecular complexity index is 1040. The minimum Gasteiger partial charge on any atom is -0.493 e. The Morgan fingerprint density at radius 1 is 0.938 bits per heavy atom. The van der Waals surface area contributed by atoms with Crippen LogP contribution in [0, 0.1) is 0 Å². The fraction of sp³-hybridized carbons (Fsp3) is 0.333. The lowest BCUT2D eigenvalue weighted by Gasteiger charge is -2.29. The highest BCUT2D eigenvalue weighted by atomic mass is 35.5. The Labute approximate surface area is 192 Å². The second kappa shape index (κ2) is 9.63. The molecule has 0 aliphatic carbocycles. The van der Waals surface area contributed by atoms with Crippen molar-refractivity contribution in [2.45, 2.75) is 6.42 Å². The van der Waals surface area contributed by atoms with Crippen LogP contribution in [0.3, 0.4) is 0 Å². The number of morpholine rings is 1. The molecule has 1 fully saturated rings. The first kappa shape index (κ1) is 22.2. The molecule has 2 aromatic carbocycles. The normalized spacial score (nSPS) is 16.7. The zero-order valence-corrected chi connectivity index (χ0v) is 18.9. The van der Waals surface area contributed by atoms with Crippen LogP contribution in [0.2, 0.25) is 5.02 Å². The molecule has 1 saturated heterocycles. The van der Waals surface area contributed by atoms with E-state index in [1.165, 1.54) is 4.90 Å². The second-order valence-corrected chi connectivity index (χ2v) is 7.97. The summed E-state index contributed by atoms with van der Waals surface area (Å²) in [4.78, 5) is 30.1. The predicted octanol–water partition coefficient (Wildman–Crippen LogP) is 3.01. The molecule has 0 bridgehead atoms. The number of hydrogen-bond donors (Lipinski definition) is 0. The Kier molecular flexibility index (Phi) is 6.67. The van der Waals surface area contributed by atoms with Crippen molar-refractivity contribution in [2.75, 3.05) is 47.1 Å². The standard InChI is InChI=1S/C24H25ClN2O5/c1-30-19-8-3-16(15-20(19)31-2)9-10-27-23(28)21(17-4-6-18(25)7-5-17)22(24(27)29)26-11-13-32-14-12-26/h3-8,15H,9-14H2,1-2H3. The van der Waals surface area contributed by atoms with Gasteiger partial charge in [0.1, 0.15) is 5.70 Å². The lowest BCUT2D eigenvalue weighted by Crippen LogP contribution is -2.40. The van der Waals surface area contributed by atoms with E-state index in [1.54, 1.807) is 38.5 Å². The Morgan fingerprint density at radius 3 is 2.28 bits per heavy atom. The van der Waals surface area contributed by atoms with E-state index in [0.717, 1.165) is 5.56 Å². The number of methoxy groups -OCH3 is 2. The molecule has 0 aromatic heterocycles. The summed E-state index contributed by atoms with van der Waals surface area (Å²) in [6.07, 6.45) is 0.502. The van der Waals surface area contributed by atoms with Gasteiger partial charge in [-0.05, 0) is 41.8 Å². The molecule has 0 atom stereocenters. The number of rotatable bonds is 7. The highest BCUT2D eigenvalue weighted by Gasteiger charge is 2.41. The number of nitrogens with zero attached hydrogens (tertiary/aromatic N) is 2. The predicted molar refractivity (Wildman–Crippen MR) is 121 cm³/mol. The third-order valence-electron chi connectivity index (χ3n) is 5.68. The van der Waals surface area contributed by atoms with Crippen molar-refractivity contribution >= 4 is 29.0 Å². The van der Waals surface area contributed by atoms with E-state index in [0.29, 0.717) is 66.1 Å². The molecule has 0 unspecified atom stereocenters. The number of benzene rings is 2. The van der Waals surface area contributed by atoms with Gasteiger partial charge in [0.05, 0.1) is 33.0 Å². The summed E-state index contributed by atoms with van der Waals surface area (Å²) in [6, 6.07) is 12.6. The van der Waals surface area contributed by atoms with Crippen LogP contribution in [0.15, 0.2) is 48.2 Å². The largest absolute Gasteiger partial charge is 0.493 e. The summed E-state index contributed by atoms with van der Waals surface area (Å²) < 4.78 is 16.1. The van der Waals surface area contributed by atoms with E-state index < -0.39 is 0 Å². The lowest BCUT2D eigenvalue weighted by molar-refractivity contribution is -0.137. The van der Waals surface area contributed by atoms with Crippen molar-refractivity contribution in [3.63, 3.8) is 0 Å². The minimum atomic E-state index is -0.292. The van der Waals surface area contributed by atoms with E-state index in [9.17, 15) is 9.59 Å². The van der Waals surface area contributed by atoms with Crippen LogP contribution in [0.4, 0.5) is 0 Å². The molecule has 0 saturated carbocycles. The van der Waals surface area contributed by atoms with Crippen LogP contribution < -0.4 is 9.47 Å². The summed E-state index contributed by atoms with van der Waals surface area (Å²) in [5.41, 5.74) is 2.48. The summed E-state index contributed by atoms with van der Waals surface area (Å²) in [6.45, 7) is 2.43. The van der Waals surface area contributed by atoms with Gasteiger partial charge in [-0.2, -0.15) is 0 Å². The van der Waals surface area contributed by atoms with Gasteiger partial charge < -0.3 is 19.1 Å². The SMILES string of the molecule is COc1ccc(CCN2C(=O)C(c3ccc(Cl)cc3)=C(N3CCOCC3)C2=O)cc1OC. The van der Waals surface area contributed by atoms with E-state index in [1.807, 2.05) is 23.1 Å². The van der Waals surface area contributed by atoms with E-state index >= 15 is 0 Å². The molecule has 2 amide bonds. The van der Waals surface area contributed by atoms with Crippen LogP contribution in [-0.4, -0.2) is 68.7 Å². The van der Waals surface area contributed by atoms with E-state index in [2.05, 4.69) is 0 Å². The topological polar surface area (TPSA) is 68.3 Å². The van der Waals surface area contributed by atoms with Crippen molar-refractivity contribution < 1.29 is 23.8 Å². The average molecular weight is 457 g/mol. The maximum atomic E-state index is 13.4. The van der Waals surface area contributed by atoms with Gasteiger partial charge in [-0.3, -0.25) is 14.5 Å². The van der Waals surface area contributed by atoms with Crippen LogP contribution in [0.5, 0.6) is 11.5 Å². The first-order chi connectivity index (χ1) is 15.5. The van der Waals surface area contributed by atoms with Gasteiger partial charge in [-0.15, -0.1) is 0 Å². The molecule has 2 aliphatic rings. The third kappa shape index (κ3) is 4.31. The van der Waals surface area contributed by atoms with Gasteiger partial charge in [0.2, 0.25) is 0 Å². The lowest BCUT2D eigenvalue weighted by atomic mass is 10.0. The molecule has 2 aromatic rings. The van der Waals surface area contributed by atoms with Crippen molar-refractivity contribution in [3.05, 3.63) is 64.3 Å². The molecule has 2 heterocycles. The molecule has 0 spiro atoms. The zero-order valence-electron chi connectivity index (χ0n) is 18.1. The molecule has 2 aliphatic heterocycles. The minimum absolute atomic E-state index is 0.262. The van der Waals surface area contributed by atoms with Gasteiger partial charge >= 0.3 is 0 Å². The van der Waals surface area contributed by atoms with Gasteiger partial charge in [0.15, 0.2) is 11.5 Å². The van der Waals surface area contributed by atoms with Gasteiger partial charge in [-0.1, -0.05) is 29.8 Å². The van der Waals surface area contributed by atoms with Crippen LogP contribution in [0.25, 0.3) is 5.57 Å². The number of halogens is 1. The Balaban J connectivity index is 1.60. The number of carbonyl (C=O) groups is 2. The highest BCUT2D eigenvalue weighted by Crippen LogP contribution is 2.33.